The molecule has 1 aromatic carbocycles. The Hall–Kier alpha value is -0.510. The molecule has 17 heavy (non-hydrogen) atoms. The lowest BCUT2D eigenvalue weighted by Gasteiger charge is -2.06. The van der Waals surface area contributed by atoms with E-state index >= 15 is 0 Å². The van der Waals surface area contributed by atoms with Gasteiger partial charge in [0.1, 0.15) is 0 Å². The average Bonchev–Trinajstić information content (AvgIpc) is 3.15. The van der Waals surface area contributed by atoms with Gasteiger partial charge in [0.25, 0.3) is 0 Å². The van der Waals surface area contributed by atoms with Crippen molar-refractivity contribution in [1.29, 1.82) is 0 Å². The van der Waals surface area contributed by atoms with E-state index in [1.165, 1.54) is 23.3 Å². The summed E-state index contributed by atoms with van der Waals surface area (Å²) < 4.78 is 0. The summed E-state index contributed by atoms with van der Waals surface area (Å²) in [5, 5.41) is 6.97. The molecule has 0 spiro atoms. The number of hydrogen-bond acceptors (Lipinski definition) is 3. The summed E-state index contributed by atoms with van der Waals surface area (Å²) in [6, 6.07) is 9.70. The van der Waals surface area contributed by atoms with Crippen molar-refractivity contribution in [3.63, 3.8) is 0 Å². The zero-order valence-electron chi connectivity index (χ0n) is 10.5. The van der Waals surface area contributed by atoms with Gasteiger partial charge in [-0.3, -0.25) is 0 Å². The van der Waals surface area contributed by atoms with E-state index in [9.17, 15) is 0 Å². The van der Waals surface area contributed by atoms with Gasteiger partial charge in [-0.1, -0.05) is 19.1 Å². The van der Waals surface area contributed by atoms with Crippen LogP contribution in [0.15, 0.2) is 29.2 Å². The number of benzene rings is 1. The van der Waals surface area contributed by atoms with Crippen molar-refractivity contribution in [2.75, 3.05) is 18.8 Å². The quantitative estimate of drug-likeness (QED) is 0.548. The molecule has 0 aliphatic heterocycles. The van der Waals surface area contributed by atoms with Crippen molar-refractivity contribution >= 4 is 11.8 Å². The van der Waals surface area contributed by atoms with Gasteiger partial charge >= 0.3 is 0 Å². The Labute approximate surface area is 109 Å². The highest BCUT2D eigenvalue weighted by Crippen LogP contribution is 2.18. The standard InChI is InChI=1S/C14H22N2S/c1-2-17-14-7-3-12(4-8-14)11-15-9-10-16-13-5-6-13/h3-4,7-8,13,15-16H,2,5-6,9-11H2,1H3. The largest absolute Gasteiger partial charge is 0.313 e. The summed E-state index contributed by atoms with van der Waals surface area (Å²) in [5.41, 5.74) is 1.37. The fourth-order valence-corrected chi connectivity index (χ4v) is 2.42. The predicted octanol–water partition coefficient (Wildman–Crippen LogP) is 2.64. The van der Waals surface area contributed by atoms with E-state index in [4.69, 9.17) is 0 Å². The Morgan fingerprint density at radius 2 is 1.94 bits per heavy atom. The van der Waals surface area contributed by atoms with Gasteiger partial charge in [0, 0.05) is 30.6 Å². The Morgan fingerprint density at radius 3 is 2.59 bits per heavy atom. The van der Waals surface area contributed by atoms with Crippen LogP contribution in [-0.4, -0.2) is 24.9 Å². The second kappa shape index (κ2) is 7.04. The SMILES string of the molecule is CCSc1ccc(CNCCNC2CC2)cc1. The Morgan fingerprint density at radius 1 is 1.18 bits per heavy atom. The van der Waals surface area contributed by atoms with Crippen molar-refractivity contribution in [3.05, 3.63) is 29.8 Å². The summed E-state index contributed by atoms with van der Waals surface area (Å²) in [5.74, 6) is 1.14. The highest BCUT2D eigenvalue weighted by atomic mass is 32.2. The molecular formula is C14H22N2S. The fourth-order valence-electron chi connectivity index (χ4n) is 1.76. The minimum absolute atomic E-state index is 0.821. The van der Waals surface area contributed by atoms with Crippen LogP contribution in [0.25, 0.3) is 0 Å². The zero-order chi connectivity index (χ0) is 11.9. The third-order valence-corrected chi connectivity index (χ3v) is 3.77. The summed E-state index contributed by atoms with van der Waals surface area (Å²) in [4.78, 5) is 1.37. The van der Waals surface area contributed by atoms with E-state index < -0.39 is 0 Å². The number of thioether (sulfide) groups is 1. The van der Waals surface area contributed by atoms with Gasteiger partial charge in [-0.15, -0.1) is 11.8 Å². The lowest BCUT2D eigenvalue weighted by molar-refractivity contribution is 0.608. The lowest BCUT2D eigenvalue weighted by Crippen LogP contribution is -2.28. The molecule has 0 saturated heterocycles. The first-order valence-electron chi connectivity index (χ1n) is 6.54. The molecule has 2 N–H and O–H groups in total. The third-order valence-electron chi connectivity index (χ3n) is 2.88. The van der Waals surface area contributed by atoms with E-state index in [-0.39, 0.29) is 0 Å². The normalized spacial score (nSPS) is 15.1. The van der Waals surface area contributed by atoms with Crippen LogP contribution >= 0.6 is 11.8 Å². The Bertz CT molecular complexity index is 319. The molecule has 0 unspecified atom stereocenters. The Kier molecular flexibility index (Phi) is 5.36. The highest BCUT2D eigenvalue weighted by Gasteiger charge is 2.19. The lowest BCUT2D eigenvalue weighted by atomic mass is 10.2. The molecule has 94 valence electrons. The molecule has 2 rings (SSSR count). The van der Waals surface area contributed by atoms with Crippen molar-refractivity contribution in [3.8, 4) is 0 Å². The maximum Gasteiger partial charge on any atom is 0.0206 e. The predicted molar refractivity (Wildman–Crippen MR) is 75.6 cm³/mol. The molecule has 1 aliphatic rings. The maximum absolute atomic E-state index is 3.50. The molecule has 1 aromatic rings. The van der Waals surface area contributed by atoms with Crippen molar-refractivity contribution in [2.45, 2.75) is 37.2 Å². The van der Waals surface area contributed by atoms with E-state index in [1.807, 2.05) is 11.8 Å². The highest BCUT2D eigenvalue weighted by molar-refractivity contribution is 7.99. The summed E-state index contributed by atoms with van der Waals surface area (Å²) in [7, 11) is 0. The topological polar surface area (TPSA) is 24.1 Å². The van der Waals surface area contributed by atoms with Gasteiger partial charge in [0.2, 0.25) is 0 Å². The van der Waals surface area contributed by atoms with Gasteiger partial charge in [-0.05, 0) is 36.3 Å². The molecule has 0 atom stereocenters. The van der Waals surface area contributed by atoms with Gasteiger partial charge in [0.05, 0.1) is 0 Å². The van der Waals surface area contributed by atoms with Crippen molar-refractivity contribution in [2.24, 2.45) is 0 Å². The second-order valence-electron chi connectivity index (χ2n) is 4.48. The number of nitrogens with one attached hydrogen (secondary N) is 2. The van der Waals surface area contributed by atoms with E-state index in [0.29, 0.717) is 0 Å². The van der Waals surface area contributed by atoms with Gasteiger partial charge in [0.15, 0.2) is 0 Å². The van der Waals surface area contributed by atoms with Gasteiger partial charge < -0.3 is 10.6 Å². The first-order valence-corrected chi connectivity index (χ1v) is 7.53. The summed E-state index contributed by atoms with van der Waals surface area (Å²) in [6.07, 6.45) is 2.74. The molecule has 0 aromatic heterocycles. The van der Waals surface area contributed by atoms with E-state index in [0.717, 1.165) is 31.4 Å². The van der Waals surface area contributed by atoms with Crippen LogP contribution in [-0.2, 0) is 6.54 Å². The first-order chi connectivity index (χ1) is 8.38. The van der Waals surface area contributed by atoms with Gasteiger partial charge in [-0.2, -0.15) is 0 Å². The van der Waals surface area contributed by atoms with Crippen LogP contribution in [0.4, 0.5) is 0 Å². The van der Waals surface area contributed by atoms with Crippen LogP contribution in [0.1, 0.15) is 25.3 Å². The number of rotatable bonds is 8. The monoisotopic (exact) mass is 250 g/mol. The molecule has 3 heteroatoms. The summed E-state index contributed by atoms with van der Waals surface area (Å²) >= 11 is 1.90. The molecule has 0 bridgehead atoms. The first kappa shape index (κ1) is 12.9. The van der Waals surface area contributed by atoms with Crippen LogP contribution < -0.4 is 10.6 Å². The smallest absolute Gasteiger partial charge is 0.0206 e. The Balaban J connectivity index is 1.60. The van der Waals surface area contributed by atoms with Crippen LogP contribution in [0.5, 0.6) is 0 Å². The molecule has 1 fully saturated rings. The molecule has 1 aliphatic carbocycles. The van der Waals surface area contributed by atoms with E-state index in [1.54, 1.807) is 0 Å². The minimum Gasteiger partial charge on any atom is -0.313 e. The van der Waals surface area contributed by atoms with E-state index in [2.05, 4.69) is 41.8 Å². The number of hydrogen-bond donors (Lipinski definition) is 2. The van der Waals surface area contributed by atoms with Crippen LogP contribution in [0, 0.1) is 0 Å². The molecule has 0 radical (unpaired) electrons. The van der Waals surface area contributed by atoms with Gasteiger partial charge in [-0.25, -0.2) is 0 Å². The molecule has 0 heterocycles. The third kappa shape index (κ3) is 5.11. The maximum atomic E-state index is 3.50. The molecule has 2 nitrogen and oxygen atoms in total. The second-order valence-corrected chi connectivity index (χ2v) is 5.82. The van der Waals surface area contributed by atoms with Crippen LogP contribution in [0.2, 0.25) is 0 Å². The summed E-state index contributed by atoms with van der Waals surface area (Å²) in [6.45, 7) is 5.31. The molecule has 0 amide bonds. The average molecular weight is 250 g/mol. The van der Waals surface area contributed by atoms with Crippen molar-refractivity contribution in [1.82, 2.24) is 10.6 Å². The molecule has 1 saturated carbocycles. The van der Waals surface area contributed by atoms with Crippen LogP contribution in [0.3, 0.4) is 0 Å². The fraction of sp³-hybridized carbons (Fsp3) is 0.571. The zero-order valence-corrected chi connectivity index (χ0v) is 11.4. The minimum atomic E-state index is 0.821. The molecular weight excluding hydrogens is 228 g/mol. The van der Waals surface area contributed by atoms with Crippen molar-refractivity contribution < 1.29 is 0 Å².